The summed E-state index contributed by atoms with van der Waals surface area (Å²) >= 11 is 0. The maximum atomic E-state index is 10.9. The number of nitrogens with zero attached hydrogens (tertiary/aromatic N) is 3. The van der Waals surface area contributed by atoms with Gasteiger partial charge in [-0.2, -0.15) is 5.10 Å². The summed E-state index contributed by atoms with van der Waals surface area (Å²) in [5.74, 6) is 0.884. The Bertz CT molecular complexity index is 485. The molecule has 7 nitrogen and oxygen atoms in total. The van der Waals surface area contributed by atoms with Gasteiger partial charge in [-0.15, -0.1) is 0 Å². The third-order valence-corrected chi connectivity index (χ3v) is 2.15. The summed E-state index contributed by atoms with van der Waals surface area (Å²) in [6.45, 7) is 0.0841. The van der Waals surface area contributed by atoms with Crippen LogP contribution in [0.3, 0.4) is 0 Å². The summed E-state index contributed by atoms with van der Waals surface area (Å²) in [7, 11) is 3.46. The third-order valence-electron chi connectivity index (χ3n) is 2.15. The Morgan fingerprint density at radius 3 is 2.65 bits per heavy atom. The standard InChI is InChI=1S/C10H11N3O4/c1-12(2)11-5-7-3-9-10(17-6-16-9)4-8(7)13(14)15/h3-5H,6H2,1-2H3. The van der Waals surface area contributed by atoms with Crippen LogP contribution in [0.4, 0.5) is 5.69 Å². The minimum atomic E-state index is -0.473. The Balaban J connectivity index is 2.45. The number of ether oxygens (including phenoxy) is 2. The molecule has 90 valence electrons. The summed E-state index contributed by atoms with van der Waals surface area (Å²) in [4.78, 5) is 10.4. The molecule has 0 radical (unpaired) electrons. The molecule has 2 rings (SSSR count). The van der Waals surface area contributed by atoms with E-state index in [1.165, 1.54) is 12.3 Å². The van der Waals surface area contributed by atoms with Gasteiger partial charge in [0.25, 0.3) is 5.69 Å². The number of nitro groups is 1. The van der Waals surface area contributed by atoms with E-state index in [0.717, 1.165) is 0 Å². The van der Waals surface area contributed by atoms with Crippen molar-refractivity contribution in [1.29, 1.82) is 0 Å². The van der Waals surface area contributed by atoms with Crippen LogP contribution in [0.15, 0.2) is 17.2 Å². The second kappa shape index (κ2) is 4.28. The van der Waals surface area contributed by atoms with E-state index in [1.807, 2.05) is 0 Å². The fraction of sp³-hybridized carbons (Fsp3) is 0.300. The van der Waals surface area contributed by atoms with Crippen molar-refractivity contribution in [1.82, 2.24) is 5.01 Å². The molecule has 1 aromatic rings. The number of hydrogen-bond donors (Lipinski definition) is 0. The lowest BCUT2D eigenvalue weighted by Gasteiger charge is -2.04. The first-order chi connectivity index (χ1) is 8.08. The van der Waals surface area contributed by atoms with Crippen molar-refractivity contribution in [2.75, 3.05) is 20.9 Å². The first-order valence-corrected chi connectivity index (χ1v) is 4.87. The number of nitro benzene ring substituents is 1. The van der Waals surface area contributed by atoms with E-state index >= 15 is 0 Å². The highest BCUT2D eigenvalue weighted by Gasteiger charge is 2.22. The molecule has 0 saturated carbocycles. The van der Waals surface area contributed by atoms with E-state index < -0.39 is 4.92 Å². The van der Waals surface area contributed by atoms with Gasteiger partial charge in [-0.25, -0.2) is 0 Å². The van der Waals surface area contributed by atoms with E-state index in [2.05, 4.69) is 5.10 Å². The Morgan fingerprint density at radius 1 is 1.41 bits per heavy atom. The van der Waals surface area contributed by atoms with Crippen molar-refractivity contribution in [3.63, 3.8) is 0 Å². The SMILES string of the molecule is CN(C)N=Cc1cc2c(cc1[N+](=O)[O-])OCO2. The lowest BCUT2D eigenvalue weighted by Crippen LogP contribution is -2.03. The monoisotopic (exact) mass is 237 g/mol. The Labute approximate surface area is 97.4 Å². The van der Waals surface area contributed by atoms with Crippen LogP contribution in [0, 0.1) is 10.1 Å². The predicted octanol–water partition coefficient (Wildman–Crippen LogP) is 1.22. The molecule has 17 heavy (non-hydrogen) atoms. The van der Waals surface area contributed by atoms with Gasteiger partial charge in [-0.3, -0.25) is 10.1 Å². The van der Waals surface area contributed by atoms with Crippen LogP contribution in [-0.4, -0.2) is 37.0 Å². The molecule has 0 saturated heterocycles. The van der Waals surface area contributed by atoms with Gasteiger partial charge >= 0.3 is 0 Å². The van der Waals surface area contributed by atoms with Crippen molar-refractivity contribution in [3.05, 3.63) is 27.8 Å². The average molecular weight is 237 g/mol. The van der Waals surface area contributed by atoms with Gasteiger partial charge in [0.2, 0.25) is 6.79 Å². The van der Waals surface area contributed by atoms with Gasteiger partial charge in [0.1, 0.15) is 0 Å². The number of hydrazone groups is 1. The second-order valence-electron chi connectivity index (χ2n) is 3.61. The predicted molar refractivity (Wildman–Crippen MR) is 60.5 cm³/mol. The fourth-order valence-electron chi connectivity index (χ4n) is 1.39. The van der Waals surface area contributed by atoms with Crippen LogP contribution < -0.4 is 9.47 Å². The second-order valence-corrected chi connectivity index (χ2v) is 3.61. The van der Waals surface area contributed by atoms with Crippen LogP contribution in [-0.2, 0) is 0 Å². The molecular weight excluding hydrogens is 226 g/mol. The fourth-order valence-corrected chi connectivity index (χ4v) is 1.39. The van der Waals surface area contributed by atoms with Gasteiger partial charge in [0.15, 0.2) is 11.5 Å². The normalized spacial score (nSPS) is 13.1. The van der Waals surface area contributed by atoms with Crippen molar-refractivity contribution in [2.45, 2.75) is 0 Å². The zero-order valence-corrected chi connectivity index (χ0v) is 9.41. The maximum Gasteiger partial charge on any atom is 0.282 e. The third kappa shape index (κ3) is 2.27. The summed E-state index contributed by atoms with van der Waals surface area (Å²) in [6, 6.07) is 2.90. The zero-order valence-electron chi connectivity index (χ0n) is 9.41. The van der Waals surface area contributed by atoms with Gasteiger partial charge < -0.3 is 14.5 Å². The van der Waals surface area contributed by atoms with E-state index in [0.29, 0.717) is 17.1 Å². The van der Waals surface area contributed by atoms with Gasteiger partial charge in [0.05, 0.1) is 22.8 Å². The largest absolute Gasteiger partial charge is 0.454 e. The van der Waals surface area contributed by atoms with Gasteiger partial charge in [-0.05, 0) is 6.07 Å². The average Bonchev–Trinajstić information content (AvgIpc) is 2.71. The first-order valence-electron chi connectivity index (χ1n) is 4.87. The number of hydrogen-bond acceptors (Lipinski definition) is 6. The molecule has 0 unspecified atom stereocenters. The molecule has 1 aromatic carbocycles. The molecular formula is C10H11N3O4. The van der Waals surface area contributed by atoms with Gasteiger partial charge in [0, 0.05) is 14.1 Å². The highest BCUT2D eigenvalue weighted by molar-refractivity contribution is 5.86. The molecule has 7 heteroatoms. The van der Waals surface area contributed by atoms with Crippen LogP contribution in [0.25, 0.3) is 0 Å². The van der Waals surface area contributed by atoms with Crippen molar-refractivity contribution < 1.29 is 14.4 Å². The minimum absolute atomic E-state index is 0.0557. The van der Waals surface area contributed by atoms with Crippen LogP contribution in [0.2, 0.25) is 0 Å². The molecule has 0 bridgehead atoms. The first kappa shape index (κ1) is 11.2. The molecule has 1 aliphatic rings. The van der Waals surface area contributed by atoms with Crippen molar-refractivity contribution >= 4 is 11.9 Å². The van der Waals surface area contributed by atoms with E-state index in [1.54, 1.807) is 25.2 Å². The van der Waals surface area contributed by atoms with Crippen molar-refractivity contribution in [2.24, 2.45) is 5.10 Å². The number of fused-ring (bicyclic) bond motifs is 1. The molecule has 0 amide bonds. The zero-order chi connectivity index (χ0) is 12.4. The quantitative estimate of drug-likeness (QED) is 0.448. The van der Waals surface area contributed by atoms with Crippen LogP contribution in [0.1, 0.15) is 5.56 Å². The molecule has 1 aliphatic heterocycles. The minimum Gasteiger partial charge on any atom is -0.454 e. The van der Waals surface area contributed by atoms with E-state index in [-0.39, 0.29) is 12.5 Å². The summed E-state index contributed by atoms with van der Waals surface area (Å²) in [5.41, 5.74) is 0.327. The molecule has 0 fully saturated rings. The van der Waals surface area contributed by atoms with Crippen LogP contribution >= 0.6 is 0 Å². The van der Waals surface area contributed by atoms with Crippen molar-refractivity contribution in [3.8, 4) is 11.5 Å². The molecule has 0 aliphatic carbocycles. The molecule has 1 heterocycles. The van der Waals surface area contributed by atoms with Gasteiger partial charge in [-0.1, -0.05) is 0 Å². The Morgan fingerprint density at radius 2 is 2.06 bits per heavy atom. The maximum absolute atomic E-state index is 10.9. The summed E-state index contributed by atoms with van der Waals surface area (Å²) in [5, 5.41) is 16.4. The topological polar surface area (TPSA) is 77.2 Å². The summed E-state index contributed by atoms with van der Waals surface area (Å²) < 4.78 is 10.2. The summed E-state index contributed by atoms with van der Waals surface area (Å²) in [6.07, 6.45) is 1.42. The molecule has 0 atom stereocenters. The smallest absolute Gasteiger partial charge is 0.282 e. The Kier molecular flexibility index (Phi) is 2.82. The molecule has 0 spiro atoms. The Hall–Kier alpha value is -2.31. The number of rotatable bonds is 3. The molecule has 0 N–H and O–H groups in total. The molecule has 0 aromatic heterocycles. The van der Waals surface area contributed by atoms with Crippen LogP contribution in [0.5, 0.6) is 11.5 Å². The van der Waals surface area contributed by atoms with E-state index in [9.17, 15) is 10.1 Å². The lowest BCUT2D eigenvalue weighted by atomic mass is 10.1. The lowest BCUT2D eigenvalue weighted by molar-refractivity contribution is -0.385. The number of benzene rings is 1. The van der Waals surface area contributed by atoms with E-state index in [4.69, 9.17) is 9.47 Å². The highest BCUT2D eigenvalue weighted by Crippen LogP contribution is 2.37. The highest BCUT2D eigenvalue weighted by atomic mass is 16.7.